The first-order valence-corrected chi connectivity index (χ1v) is 9.39. The van der Waals surface area contributed by atoms with Crippen molar-refractivity contribution in [2.45, 2.75) is 11.8 Å². The molecule has 130 valence electrons. The molecule has 2 aromatic rings. The molecule has 1 aliphatic rings. The Balaban J connectivity index is 2.13. The minimum atomic E-state index is -3.65. The minimum absolute atomic E-state index is 0.0662. The monoisotopic (exact) mass is 358 g/mol. The van der Waals surface area contributed by atoms with Gasteiger partial charge in [-0.1, -0.05) is 60.7 Å². The van der Waals surface area contributed by atoms with Crippen LogP contribution in [0.25, 0.3) is 0 Å². The van der Waals surface area contributed by atoms with Crippen molar-refractivity contribution in [2.24, 2.45) is 0 Å². The highest BCUT2D eigenvalue weighted by molar-refractivity contribution is 7.58. The average molecular weight is 358 g/mol. The van der Waals surface area contributed by atoms with Gasteiger partial charge in [-0.15, -0.1) is 0 Å². The van der Waals surface area contributed by atoms with Crippen LogP contribution >= 0.6 is 7.60 Å². The van der Waals surface area contributed by atoms with Crippen LogP contribution in [0.4, 0.5) is 0 Å². The van der Waals surface area contributed by atoms with Crippen molar-refractivity contribution in [3.8, 4) is 0 Å². The molecular weight excluding hydrogens is 339 g/mol. The van der Waals surface area contributed by atoms with Crippen LogP contribution in [0.1, 0.15) is 23.0 Å². The molecular formula is C19H19O5P. The highest BCUT2D eigenvalue weighted by Crippen LogP contribution is 2.58. The Morgan fingerprint density at radius 1 is 0.880 bits per heavy atom. The Morgan fingerprint density at radius 2 is 1.40 bits per heavy atom. The summed E-state index contributed by atoms with van der Waals surface area (Å²) in [5, 5.41) is 0. The van der Waals surface area contributed by atoms with Gasteiger partial charge in [0, 0.05) is 20.1 Å². The SMILES string of the molecule is COP(=O)(OC)C1=C[C@H](c2ccccc2)[C@@H](c2ccccc2)C(=O)O1. The molecule has 5 nitrogen and oxygen atoms in total. The summed E-state index contributed by atoms with van der Waals surface area (Å²) in [7, 11) is -1.12. The number of ether oxygens (including phenoxy) is 1. The number of hydrogen-bond donors (Lipinski definition) is 0. The number of rotatable bonds is 5. The number of allylic oxidation sites excluding steroid dienone is 1. The molecule has 0 bridgehead atoms. The van der Waals surface area contributed by atoms with E-state index in [9.17, 15) is 9.36 Å². The standard InChI is InChI=1S/C19H19O5P/c1-22-25(21,23-2)17-13-16(14-9-5-3-6-10-14)18(19(20)24-17)15-11-7-4-8-12-15/h3-13,16,18H,1-2H3/t16-,18-/m1/s1. The normalized spacial score (nSPS) is 20.7. The molecule has 1 heterocycles. The van der Waals surface area contributed by atoms with Gasteiger partial charge in [-0.2, -0.15) is 0 Å². The zero-order valence-corrected chi connectivity index (χ0v) is 14.9. The summed E-state index contributed by atoms with van der Waals surface area (Å²) in [4.78, 5) is 12.8. The van der Waals surface area contributed by atoms with Crippen molar-refractivity contribution in [3.63, 3.8) is 0 Å². The van der Waals surface area contributed by atoms with Crippen LogP contribution in [0.2, 0.25) is 0 Å². The molecule has 0 saturated carbocycles. The Labute approximate surface area is 146 Å². The van der Waals surface area contributed by atoms with E-state index in [1.54, 1.807) is 6.08 Å². The maximum Gasteiger partial charge on any atom is 0.395 e. The molecule has 0 saturated heterocycles. The van der Waals surface area contributed by atoms with Crippen molar-refractivity contribution in [3.05, 3.63) is 83.4 Å². The second-order valence-corrected chi connectivity index (χ2v) is 7.78. The summed E-state index contributed by atoms with van der Waals surface area (Å²) in [6.07, 6.45) is 1.67. The van der Waals surface area contributed by atoms with Crippen LogP contribution in [0, 0.1) is 0 Å². The maximum atomic E-state index is 12.8. The van der Waals surface area contributed by atoms with E-state index in [0.717, 1.165) is 11.1 Å². The Kier molecular flexibility index (Phi) is 5.19. The molecule has 0 fully saturated rings. The predicted octanol–water partition coefficient (Wildman–Crippen LogP) is 4.44. The number of benzene rings is 2. The second-order valence-electron chi connectivity index (χ2n) is 5.61. The molecule has 0 N–H and O–H groups in total. The first kappa shape index (κ1) is 17.6. The summed E-state index contributed by atoms with van der Waals surface area (Å²) in [6.45, 7) is 0. The molecule has 0 radical (unpaired) electrons. The quantitative estimate of drug-likeness (QED) is 0.584. The number of esters is 1. The summed E-state index contributed by atoms with van der Waals surface area (Å²) < 4.78 is 28.0. The fraction of sp³-hybridized carbons (Fsp3) is 0.211. The Hall–Kier alpha value is -2.20. The lowest BCUT2D eigenvalue weighted by Crippen LogP contribution is -2.26. The molecule has 0 unspecified atom stereocenters. The zero-order valence-electron chi connectivity index (χ0n) is 14.0. The second kappa shape index (κ2) is 7.36. The van der Waals surface area contributed by atoms with E-state index in [2.05, 4.69) is 0 Å². The molecule has 0 spiro atoms. The largest absolute Gasteiger partial charge is 0.418 e. The Bertz CT molecular complexity index is 808. The summed E-state index contributed by atoms with van der Waals surface area (Å²) in [6, 6.07) is 19.0. The highest BCUT2D eigenvalue weighted by atomic mass is 31.2. The van der Waals surface area contributed by atoms with Crippen LogP contribution in [0.3, 0.4) is 0 Å². The maximum absolute atomic E-state index is 12.8. The topological polar surface area (TPSA) is 61.8 Å². The summed E-state index contributed by atoms with van der Waals surface area (Å²) in [5.41, 5.74) is 1.69. The molecule has 3 rings (SSSR count). The van der Waals surface area contributed by atoms with Crippen LogP contribution in [0.15, 0.2) is 72.2 Å². The van der Waals surface area contributed by atoms with Crippen molar-refractivity contribution in [1.82, 2.24) is 0 Å². The molecule has 2 atom stereocenters. The Morgan fingerprint density at radius 3 is 1.92 bits per heavy atom. The lowest BCUT2D eigenvalue weighted by molar-refractivity contribution is -0.142. The van der Waals surface area contributed by atoms with Crippen LogP contribution < -0.4 is 0 Å². The zero-order chi connectivity index (χ0) is 17.9. The van der Waals surface area contributed by atoms with Gasteiger partial charge in [-0.05, 0) is 17.2 Å². The molecule has 6 heteroatoms. The molecule has 0 aromatic heterocycles. The fourth-order valence-corrected chi connectivity index (χ4v) is 4.02. The van der Waals surface area contributed by atoms with E-state index >= 15 is 0 Å². The molecule has 25 heavy (non-hydrogen) atoms. The summed E-state index contributed by atoms with van der Waals surface area (Å²) in [5.74, 6) is -1.35. The lowest BCUT2D eigenvalue weighted by atomic mass is 9.80. The van der Waals surface area contributed by atoms with E-state index in [-0.39, 0.29) is 11.4 Å². The van der Waals surface area contributed by atoms with E-state index < -0.39 is 19.5 Å². The van der Waals surface area contributed by atoms with Gasteiger partial charge < -0.3 is 13.8 Å². The predicted molar refractivity (Wildman–Crippen MR) is 94.2 cm³/mol. The lowest BCUT2D eigenvalue weighted by Gasteiger charge is -2.30. The van der Waals surface area contributed by atoms with Gasteiger partial charge in [0.1, 0.15) is 0 Å². The van der Waals surface area contributed by atoms with E-state index in [1.807, 2.05) is 60.7 Å². The van der Waals surface area contributed by atoms with Crippen molar-refractivity contribution < 1.29 is 23.1 Å². The molecule has 0 amide bonds. The van der Waals surface area contributed by atoms with Gasteiger partial charge in [0.05, 0.1) is 5.92 Å². The van der Waals surface area contributed by atoms with Gasteiger partial charge in [0.2, 0.25) is 5.50 Å². The fourth-order valence-electron chi connectivity index (χ4n) is 2.97. The van der Waals surface area contributed by atoms with Crippen LogP contribution in [0.5, 0.6) is 0 Å². The minimum Gasteiger partial charge on any atom is -0.418 e. The van der Waals surface area contributed by atoms with E-state index in [1.165, 1.54) is 14.2 Å². The summed E-state index contributed by atoms with van der Waals surface area (Å²) >= 11 is 0. The molecule has 0 aliphatic carbocycles. The van der Waals surface area contributed by atoms with Gasteiger partial charge in [0.15, 0.2) is 0 Å². The van der Waals surface area contributed by atoms with Crippen LogP contribution in [-0.4, -0.2) is 20.2 Å². The van der Waals surface area contributed by atoms with Gasteiger partial charge in [-0.3, -0.25) is 9.36 Å². The number of hydrogen-bond acceptors (Lipinski definition) is 5. The number of cyclic esters (lactones) is 1. The van der Waals surface area contributed by atoms with E-state index in [4.69, 9.17) is 13.8 Å². The third kappa shape index (κ3) is 3.45. The molecule has 1 aliphatic heterocycles. The van der Waals surface area contributed by atoms with Crippen molar-refractivity contribution in [1.29, 1.82) is 0 Å². The average Bonchev–Trinajstić information content (AvgIpc) is 2.68. The van der Waals surface area contributed by atoms with Crippen molar-refractivity contribution >= 4 is 13.6 Å². The number of carbonyl (C=O) groups excluding carboxylic acids is 1. The number of carbonyl (C=O) groups is 1. The van der Waals surface area contributed by atoms with Crippen molar-refractivity contribution in [2.75, 3.05) is 14.2 Å². The van der Waals surface area contributed by atoms with Gasteiger partial charge in [-0.25, -0.2) is 0 Å². The third-order valence-corrected chi connectivity index (χ3v) is 5.98. The third-order valence-electron chi connectivity index (χ3n) is 4.23. The molecule has 2 aromatic carbocycles. The van der Waals surface area contributed by atoms with Gasteiger partial charge >= 0.3 is 13.6 Å². The highest BCUT2D eigenvalue weighted by Gasteiger charge is 2.42. The first-order valence-electron chi connectivity index (χ1n) is 7.84. The van der Waals surface area contributed by atoms with Crippen LogP contribution in [-0.2, 0) is 23.1 Å². The smallest absolute Gasteiger partial charge is 0.395 e. The van der Waals surface area contributed by atoms with Gasteiger partial charge in [0.25, 0.3) is 0 Å². The first-order chi connectivity index (χ1) is 12.1. The van der Waals surface area contributed by atoms with E-state index in [0.29, 0.717) is 0 Å².